The van der Waals surface area contributed by atoms with Crippen LogP contribution in [0, 0.1) is 0 Å². The molecule has 6 heteroatoms. The van der Waals surface area contributed by atoms with E-state index in [9.17, 15) is 0 Å². The average molecular weight is 761 g/mol. The van der Waals surface area contributed by atoms with Crippen molar-refractivity contribution in [1.29, 1.82) is 0 Å². The van der Waals surface area contributed by atoms with Crippen molar-refractivity contribution in [3.05, 3.63) is 219 Å². The maximum Gasteiger partial charge on any atom is 0.184 e. The third-order valence-electron chi connectivity index (χ3n) is 11.4. The lowest BCUT2D eigenvalue weighted by Crippen LogP contribution is -2.77. The smallest absolute Gasteiger partial charge is 0.184 e. The minimum atomic E-state index is -3.06. The summed E-state index contributed by atoms with van der Waals surface area (Å²) in [5.41, 5.74) is 7.54. The van der Waals surface area contributed by atoms with E-state index in [2.05, 4.69) is 184 Å². The van der Waals surface area contributed by atoms with E-state index >= 15 is 0 Å². The fourth-order valence-electron chi connectivity index (χ4n) is 8.98. The SMILES string of the molecule is c1ccc(-n2c3ccccc3c3cc4c(cc32)[Si](c2ccccc2)(c2ccccc2)c2ccc(Oc3cccc(-c5ccccn5)c3)cc2N4c2ccccn2)cc1. The quantitative estimate of drug-likeness (QED) is 0.152. The molecule has 0 fully saturated rings. The Morgan fingerprint density at radius 2 is 1.09 bits per heavy atom. The molecule has 0 radical (unpaired) electrons. The molecule has 274 valence electrons. The monoisotopic (exact) mass is 760 g/mol. The summed E-state index contributed by atoms with van der Waals surface area (Å²) in [5.74, 6) is 2.33. The van der Waals surface area contributed by atoms with Gasteiger partial charge in [-0.25, -0.2) is 4.98 Å². The van der Waals surface area contributed by atoms with Crippen molar-refractivity contribution in [3.63, 3.8) is 0 Å². The van der Waals surface area contributed by atoms with Crippen LogP contribution in [0.4, 0.5) is 17.2 Å². The third kappa shape index (κ3) is 5.38. The van der Waals surface area contributed by atoms with Crippen LogP contribution >= 0.6 is 0 Å². The van der Waals surface area contributed by atoms with E-state index in [-0.39, 0.29) is 0 Å². The highest BCUT2D eigenvalue weighted by molar-refractivity contribution is 7.21. The van der Waals surface area contributed by atoms with E-state index in [0.29, 0.717) is 0 Å². The number of hydrogen-bond acceptors (Lipinski definition) is 4. The first-order valence-electron chi connectivity index (χ1n) is 19.6. The van der Waals surface area contributed by atoms with Gasteiger partial charge in [0.05, 0.1) is 22.4 Å². The van der Waals surface area contributed by atoms with Gasteiger partial charge in [0.25, 0.3) is 0 Å². The van der Waals surface area contributed by atoms with Crippen LogP contribution in [-0.4, -0.2) is 22.6 Å². The highest BCUT2D eigenvalue weighted by Gasteiger charge is 2.49. The fraction of sp³-hybridized carbons (Fsp3) is 0. The van der Waals surface area contributed by atoms with Gasteiger partial charge in [0.2, 0.25) is 0 Å². The van der Waals surface area contributed by atoms with Crippen LogP contribution in [0.3, 0.4) is 0 Å². The van der Waals surface area contributed by atoms with Crippen LogP contribution in [0.2, 0.25) is 0 Å². The van der Waals surface area contributed by atoms with Crippen molar-refractivity contribution >= 4 is 67.8 Å². The molecule has 7 aromatic carbocycles. The summed E-state index contributed by atoms with van der Waals surface area (Å²) < 4.78 is 9.20. The zero-order valence-electron chi connectivity index (χ0n) is 31.5. The van der Waals surface area contributed by atoms with Gasteiger partial charge in [0, 0.05) is 46.2 Å². The Hall–Kier alpha value is -7.54. The molecule has 4 heterocycles. The zero-order chi connectivity index (χ0) is 38.5. The number of hydrogen-bond donors (Lipinski definition) is 0. The van der Waals surface area contributed by atoms with E-state index in [1.54, 1.807) is 0 Å². The molecule has 11 rings (SSSR count). The largest absolute Gasteiger partial charge is 0.457 e. The molecule has 3 aromatic heterocycles. The molecule has 1 aliphatic heterocycles. The maximum absolute atomic E-state index is 6.78. The van der Waals surface area contributed by atoms with E-state index in [4.69, 9.17) is 9.72 Å². The molecule has 0 saturated carbocycles. The van der Waals surface area contributed by atoms with Crippen LogP contribution in [0.5, 0.6) is 11.5 Å². The highest BCUT2D eigenvalue weighted by Crippen LogP contribution is 2.43. The minimum Gasteiger partial charge on any atom is -0.457 e. The lowest BCUT2D eigenvalue weighted by molar-refractivity contribution is 0.483. The summed E-state index contributed by atoms with van der Waals surface area (Å²) in [7, 11) is -3.06. The normalized spacial score (nSPS) is 12.9. The minimum absolute atomic E-state index is 0.743. The summed E-state index contributed by atoms with van der Waals surface area (Å²) in [6.07, 6.45) is 3.70. The third-order valence-corrected chi connectivity index (χ3v) is 16.2. The van der Waals surface area contributed by atoms with Crippen molar-refractivity contribution < 1.29 is 4.74 Å². The van der Waals surface area contributed by atoms with Crippen molar-refractivity contribution in [3.8, 4) is 28.4 Å². The molecule has 1 aliphatic rings. The van der Waals surface area contributed by atoms with Gasteiger partial charge in [0.1, 0.15) is 17.3 Å². The van der Waals surface area contributed by atoms with Gasteiger partial charge < -0.3 is 9.30 Å². The summed E-state index contributed by atoms with van der Waals surface area (Å²) in [4.78, 5) is 12.0. The Bertz CT molecular complexity index is 3040. The van der Waals surface area contributed by atoms with Crippen LogP contribution < -0.4 is 30.4 Å². The van der Waals surface area contributed by atoms with E-state index in [1.165, 1.54) is 42.6 Å². The van der Waals surface area contributed by atoms with Gasteiger partial charge >= 0.3 is 0 Å². The maximum atomic E-state index is 6.78. The number of nitrogens with zero attached hydrogens (tertiary/aromatic N) is 4. The van der Waals surface area contributed by atoms with Crippen molar-refractivity contribution in [2.45, 2.75) is 0 Å². The summed E-state index contributed by atoms with van der Waals surface area (Å²) >= 11 is 0. The number of para-hydroxylation sites is 2. The molecule has 0 atom stereocenters. The first-order chi connectivity index (χ1) is 28.8. The molecule has 0 aliphatic carbocycles. The van der Waals surface area contributed by atoms with Crippen molar-refractivity contribution in [2.24, 2.45) is 0 Å². The highest BCUT2D eigenvalue weighted by atomic mass is 28.3. The molecular formula is C52H36N4OSi. The molecule has 10 aromatic rings. The summed E-state index contributed by atoms with van der Waals surface area (Å²) in [5, 5.41) is 7.56. The van der Waals surface area contributed by atoms with Crippen LogP contribution in [0.15, 0.2) is 219 Å². The van der Waals surface area contributed by atoms with Crippen molar-refractivity contribution in [1.82, 2.24) is 14.5 Å². The predicted octanol–water partition coefficient (Wildman–Crippen LogP) is 10.2. The predicted molar refractivity (Wildman–Crippen MR) is 240 cm³/mol. The topological polar surface area (TPSA) is 43.2 Å². The molecule has 0 unspecified atom stereocenters. The number of fused-ring (bicyclic) bond motifs is 5. The molecule has 5 nitrogen and oxygen atoms in total. The fourth-order valence-corrected chi connectivity index (χ4v) is 14.1. The van der Waals surface area contributed by atoms with Crippen LogP contribution in [0.1, 0.15) is 0 Å². The number of rotatable bonds is 7. The zero-order valence-corrected chi connectivity index (χ0v) is 32.5. The van der Waals surface area contributed by atoms with Gasteiger partial charge in [-0.1, -0.05) is 127 Å². The lowest BCUT2D eigenvalue weighted by Gasteiger charge is -2.44. The second-order valence-corrected chi connectivity index (χ2v) is 18.3. The van der Waals surface area contributed by atoms with Crippen LogP contribution in [-0.2, 0) is 0 Å². The Balaban J connectivity index is 1.23. The van der Waals surface area contributed by atoms with Gasteiger partial charge in [0.15, 0.2) is 8.07 Å². The van der Waals surface area contributed by atoms with Gasteiger partial charge in [-0.15, -0.1) is 0 Å². The molecule has 0 amide bonds. The number of aromatic nitrogens is 3. The molecular weight excluding hydrogens is 725 g/mol. The first-order valence-corrected chi connectivity index (χ1v) is 21.6. The Morgan fingerprint density at radius 1 is 0.431 bits per heavy atom. The molecule has 0 spiro atoms. The summed E-state index contributed by atoms with van der Waals surface area (Å²) in [6, 6.07) is 73.6. The molecule has 0 N–H and O–H groups in total. The van der Waals surface area contributed by atoms with Crippen LogP contribution in [0.25, 0.3) is 38.8 Å². The Labute approximate surface area is 337 Å². The van der Waals surface area contributed by atoms with E-state index < -0.39 is 8.07 Å². The molecule has 0 saturated heterocycles. The van der Waals surface area contributed by atoms with Gasteiger partial charge in [-0.05, 0) is 93.5 Å². The average Bonchev–Trinajstić information content (AvgIpc) is 3.62. The molecule has 0 bridgehead atoms. The van der Waals surface area contributed by atoms with Crippen molar-refractivity contribution in [2.75, 3.05) is 4.90 Å². The number of ether oxygens (including phenoxy) is 1. The molecule has 58 heavy (non-hydrogen) atoms. The standard InChI is InChI=1S/C52H36N4OSi/c1-4-18-38(19-5-1)55-46-27-11-10-25-43(46)44-35-49-51(36-47(44)55)58(41-21-6-2-7-22-41,42-23-8-3-9-24-42)50-30-29-40(34-48(50)56(49)52-28-13-15-32-54-52)57-39-20-16-17-37(33-39)45-26-12-14-31-53-45/h1-36H. The van der Waals surface area contributed by atoms with E-state index in [0.717, 1.165) is 45.6 Å². The number of anilines is 3. The Morgan fingerprint density at radius 3 is 1.81 bits per heavy atom. The second-order valence-electron chi connectivity index (χ2n) is 14.6. The van der Waals surface area contributed by atoms with E-state index in [1.807, 2.05) is 48.8 Å². The van der Waals surface area contributed by atoms with Gasteiger partial charge in [-0.3, -0.25) is 9.88 Å². The first kappa shape index (κ1) is 33.8. The number of benzene rings is 7. The number of pyridine rings is 2. The van der Waals surface area contributed by atoms with Gasteiger partial charge in [-0.2, -0.15) is 0 Å². The Kier molecular flexibility index (Phi) is 8.08. The second kappa shape index (κ2) is 13.9. The summed E-state index contributed by atoms with van der Waals surface area (Å²) in [6.45, 7) is 0. The lowest BCUT2D eigenvalue weighted by atomic mass is 10.1.